The SMILES string of the molecule is c1ccc(-c2ccc(N(c3ccc(-c4cccc5oc6ccccc6c45)cc3)c3ccc4c(ccc5c6ccccc6ccc45)c3)cc2)cc1. The Morgan fingerprint density at radius 2 is 0.880 bits per heavy atom. The molecule has 0 bridgehead atoms. The summed E-state index contributed by atoms with van der Waals surface area (Å²) in [5, 5.41) is 9.87. The fourth-order valence-corrected chi connectivity index (χ4v) is 7.64. The van der Waals surface area contributed by atoms with Crippen LogP contribution in [0.4, 0.5) is 17.1 Å². The zero-order chi connectivity index (χ0) is 33.0. The molecule has 10 rings (SSSR count). The highest BCUT2D eigenvalue weighted by molar-refractivity contribution is 6.17. The lowest BCUT2D eigenvalue weighted by molar-refractivity contribution is 0.669. The highest BCUT2D eigenvalue weighted by Crippen LogP contribution is 2.41. The maximum atomic E-state index is 6.21. The van der Waals surface area contributed by atoms with Crippen molar-refractivity contribution in [1.82, 2.24) is 0 Å². The predicted molar refractivity (Wildman–Crippen MR) is 212 cm³/mol. The fourth-order valence-electron chi connectivity index (χ4n) is 7.64. The van der Waals surface area contributed by atoms with Crippen molar-refractivity contribution in [2.75, 3.05) is 4.90 Å². The topological polar surface area (TPSA) is 16.4 Å². The third-order valence-corrected chi connectivity index (χ3v) is 10.1. The Kier molecular flexibility index (Phi) is 6.53. The molecule has 234 valence electrons. The van der Waals surface area contributed by atoms with E-state index in [-0.39, 0.29) is 0 Å². The Morgan fingerprint density at radius 1 is 0.320 bits per heavy atom. The van der Waals surface area contributed by atoms with Gasteiger partial charge in [0, 0.05) is 27.8 Å². The number of fused-ring (bicyclic) bond motifs is 8. The second-order valence-electron chi connectivity index (χ2n) is 12.9. The van der Waals surface area contributed by atoms with Gasteiger partial charge in [-0.1, -0.05) is 140 Å². The van der Waals surface area contributed by atoms with Crippen LogP contribution in [0, 0.1) is 0 Å². The van der Waals surface area contributed by atoms with Crippen LogP contribution in [0.1, 0.15) is 0 Å². The molecule has 2 nitrogen and oxygen atoms in total. The summed E-state index contributed by atoms with van der Waals surface area (Å²) in [6.07, 6.45) is 0. The average Bonchev–Trinajstić information content (AvgIpc) is 3.58. The number of para-hydroxylation sites is 1. The van der Waals surface area contributed by atoms with Crippen molar-refractivity contribution in [3.05, 3.63) is 188 Å². The molecule has 0 atom stereocenters. The van der Waals surface area contributed by atoms with Gasteiger partial charge in [-0.3, -0.25) is 0 Å². The van der Waals surface area contributed by atoms with Crippen molar-refractivity contribution in [2.24, 2.45) is 0 Å². The molecule has 0 unspecified atom stereocenters. The van der Waals surface area contributed by atoms with Gasteiger partial charge in [-0.05, 0) is 103 Å². The largest absolute Gasteiger partial charge is 0.456 e. The molecule has 0 saturated carbocycles. The molecule has 1 aromatic heterocycles. The number of anilines is 3. The molecular formula is C48H31NO. The molecule has 0 saturated heterocycles. The molecule has 1 heterocycles. The number of rotatable bonds is 5. The summed E-state index contributed by atoms with van der Waals surface area (Å²) in [4.78, 5) is 2.36. The van der Waals surface area contributed by atoms with Crippen LogP contribution in [0.25, 0.3) is 76.5 Å². The van der Waals surface area contributed by atoms with E-state index in [1.165, 1.54) is 49.0 Å². The molecule has 0 spiro atoms. The van der Waals surface area contributed by atoms with Crippen molar-refractivity contribution < 1.29 is 4.42 Å². The van der Waals surface area contributed by atoms with Gasteiger partial charge < -0.3 is 9.32 Å². The Hall–Kier alpha value is -6.64. The summed E-state index contributed by atoms with van der Waals surface area (Å²) in [5.74, 6) is 0. The van der Waals surface area contributed by atoms with Crippen molar-refractivity contribution >= 4 is 71.3 Å². The van der Waals surface area contributed by atoms with Crippen LogP contribution in [0.2, 0.25) is 0 Å². The number of benzene rings is 9. The van der Waals surface area contributed by atoms with Crippen molar-refractivity contribution in [2.45, 2.75) is 0 Å². The molecule has 2 heteroatoms. The normalized spacial score (nSPS) is 11.6. The predicted octanol–water partition coefficient (Wildman–Crippen LogP) is 13.8. The number of hydrogen-bond acceptors (Lipinski definition) is 2. The number of furan rings is 1. The molecule has 0 radical (unpaired) electrons. The monoisotopic (exact) mass is 637 g/mol. The molecule has 0 aliphatic rings. The Balaban J connectivity index is 1.11. The van der Waals surface area contributed by atoms with E-state index in [4.69, 9.17) is 4.42 Å². The van der Waals surface area contributed by atoms with Crippen molar-refractivity contribution in [3.63, 3.8) is 0 Å². The van der Waals surface area contributed by atoms with E-state index in [0.717, 1.165) is 44.6 Å². The van der Waals surface area contributed by atoms with Crippen LogP contribution in [0.5, 0.6) is 0 Å². The summed E-state index contributed by atoms with van der Waals surface area (Å²) in [7, 11) is 0. The Bertz CT molecular complexity index is 2850. The lowest BCUT2D eigenvalue weighted by Crippen LogP contribution is -2.09. The van der Waals surface area contributed by atoms with Gasteiger partial charge in [0.1, 0.15) is 11.2 Å². The van der Waals surface area contributed by atoms with Gasteiger partial charge >= 0.3 is 0 Å². The number of nitrogens with zero attached hydrogens (tertiary/aromatic N) is 1. The molecule has 9 aromatic carbocycles. The smallest absolute Gasteiger partial charge is 0.136 e. The zero-order valence-corrected chi connectivity index (χ0v) is 27.3. The standard InChI is InChI=1S/C48H31NO/c1-2-9-32(10-3-1)33-17-23-37(24-18-33)49(39-27-30-41-36(31-39)22-29-43-40-12-5-4-11-34(40)21-28-44(41)43)38-25-19-35(20-26-38)42-14-8-16-47-48(42)45-13-6-7-15-46(45)50-47/h1-31H. The molecule has 50 heavy (non-hydrogen) atoms. The first-order valence-electron chi connectivity index (χ1n) is 17.1. The van der Waals surface area contributed by atoms with Gasteiger partial charge in [0.25, 0.3) is 0 Å². The van der Waals surface area contributed by atoms with Crippen molar-refractivity contribution in [3.8, 4) is 22.3 Å². The summed E-state index contributed by atoms with van der Waals surface area (Å²) in [6, 6.07) is 67.5. The highest BCUT2D eigenvalue weighted by Gasteiger charge is 2.17. The van der Waals surface area contributed by atoms with Gasteiger partial charge in [0.2, 0.25) is 0 Å². The molecule has 0 aliphatic carbocycles. The number of hydrogen-bond donors (Lipinski definition) is 0. The van der Waals surface area contributed by atoms with Crippen molar-refractivity contribution in [1.29, 1.82) is 0 Å². The summed E-state index contributed by atoms with van der Waals surface area (Å²) in [6.45, 7) is 0. The summed E-state index contributed by atoms with van der Waals surface area (Å²) >= 11 is 0. The first-order chi connectivity index (χ1) is 24.8. The molecule has 0 amide bonds. The zero-order valence-electron chi connectivity index (χ0n) is 27.3. The lowest BCUT2D eigenvalue weighted by atomic mass is 9.96. The van der Waals surface area contributed by atoms with Gasteiger partial charge in [-0.15, -0.1) is 0 Å². The third kappa shape index (κ3) is 4.65. The van der Waals surface area contributed by atoms with Gasteiger partial charge in [-0.2, -0.15) is 0 Å². The quantitative estimate of drug-likeness (QED) is 0.175. The highest BCUT2D eigenvalue weighted by atomic mass is 16.3. The van der Waals surface area contributed by atoms with Gasteiger partial charge in [0.05, 0.1) is 0 Å². The van der Waals surface area contributed by atoms with E-state index in [1.54, 1.807) is 0 Å². The second kappa shape index (κ2) is 11.5. The van der Waals surface area contributed by atoms with Crippen LogP contribution in [0.3, 0.4) is 0 Å². The Morgan fingerprint density at radius 3 is 1.66 bits per heavy atom. The molecule has 0 fully saturated rings. The third-order valence-electron chi connectivity index (χ3n) is 10.1. The first-order valence-corrected chi connectivity index (χ1v) is 17.1. The van der Waals surface area contributed by atoms with Gasteiger partial charge in [-0.25, -0.2) is 0 Å². The molecule has 10 aromatic rings. The van der Waals surface area contributed by atoms with E-state index in [2.05, 4.69) is 181 Å². The summed E-state index contributed by atoms with van der Waals surface area (Å²) < 4.78 is 6.21. The lowest BCUT2D eigenvalue weighted by Gasteiger charge is -2.26. The second-order valence-corrected chi connectivity index (χ2v) is 12.9. The van der Waals surface area contributed by atoms with Crippen LogP contribution in [-0.4, -0.2) is 0 Å². The van der Waals surface area contributed by atoms with E-state index in [9.17, 15) is 0 Å². The minimum Gasteiger partial charge on any atom is -0.456 e. The average molecular weight is 638 g/mol. The minimum absolute atomic E-state index is 0.907. The van der Waals surface area contributed by atoms with E-state index in [1.807, 2.05) is 12.1 Å². The van der Waals surface area contributed by atoms with E-state index >= 15 is 0 Å². The maximum absolute atomic E-state index is 6.21. The van der Waals surface area contributed by atoms with Crippen LogP contribution < -0.4 is 4.90 Å². The molecule has 0 N–H and O–H groups in total. The minimum atomic E-state index is 0.907. The molecular weight excluding hydrogens is 607 g/mol. The van der Waals surface area contributed by atoms with Crippen LogP contribution in [-0.2, 0) is 0 Å². The first kappa shape index (κ1) is 28.4. The van der Waals surface area contributed by atoms with Crippen LogP contribution >= 0.6 is 0 Å². The fraction of sp³-hybridized carbons (Fsp3) is 0. The van der Waals surface area contributed by atoms with E-state index < -0.39 is 0 Å². The summed E-state index contributed by atoms with van der Waals surface area (Å²) in [5.41, 5.74) is 9.86. The molecule has 0 aliphatic heterocycles. The maximum Gasteiger partial charge on any atom is 0.136 e. The van der Waals surface area contributed by atoms with Gasteiger partial charge in [0.15, 0.2) is 0 Å². The van der Waals surface area contributed by atoms with Crippen LogP contribution in [0.15, 0.2) is 192 Å². The van der Waals surface area contributed by atoms with E-state index in [0.29, 0.717) is 0 Å². The Labute approximate surface area is 290 Å².